The van der Waals surface area contributed by atoms with E-state index in [0.29, 0.717) is 4.90 Å². The molecule has 0 radical (unpaired) electrons. The molecule has 2 atom stereocenters. The van der Waals surface area contributed by atoms with E-state index in [1.807, 2.05) is 0 Å². The van der Waals surface area contributed by atoms with Crippen LogP contribution in [0.25, 0.3) is 0 Å². The molecule has 3 amide bonds. The molecular formula is C20H21N3O7. The van der Waals surface area contributed by atoms with Gasteiger partial charge in [-0.3, -0.25) is 19.3 Å². The van der Waals surface area contributed by atoms with Crippen LogP contribution in [-0.2, 0) is 40.0 Å². The summed E-state index contributed by atoms with van der Waals surface area (Å²) in [4.78, 5) is 65.0. The van der Waals surface area contributed by atoms with Gasteiger partial charge in [-0.1, -0.05) is 30.3 Å². The highest BCUT2D eigenvalue weighted by Gasteiger charge is 2.59. The number of nitrogens with one attached hydrogen (secondary N) is 1. The number of carbonyl (C=O) groups excluding carboxylic acids is 5. The number of hydrogen-bond donors (Lipinski definition) is 1. The second-order valence-corrected chi connectivity index (χ2v) is 7.07. The monoisotopic (exact) mass is 415 g/mol. The number of likely N-dealkylation sites (tertiary alicyclic amines) is 1. The molecule has 1 fully saturated rings. The number of esters is 2. The molecule has 10 heteroatoms. The van der Waals surface area contributed by atoms with Crippen molar-refractivity contribution in [2.24, 2.45) is 0 Å². The van der Waals surface area contributed by atoms with Crippen molar-refractivity contribution in [3.05, 3.63) is 48.0 Å². The molecule has 3 rings (SSSR count). The number of hydrogen-bond acceptors (Lipinski definition) is 8. The first-order chi connectivity index (χ1) is 14.2. The van der Waals surface area contributed by atoms with Crippen molar-refractivity contribution in [3.63, 3.8) is 0 Å². The third-order valence-electron chi connectivity index (χ3n) is 4.79. The lowest BCUT2D eigenvalue weighted by Gasteiger charge is -2.37. The molecule has 0 aromatic heterocycles. The second-order valence-electron chi connectivity index (χ2n) is 7.07. The zero-order valence-corrected chi connectivity index (χ0v) is 16.5. The van der Waals surface area contributed by atoms with Crippen LogP contribution in [0.1, 0.15) is 12.0 Å². The smallest absolute Gasteiger partial charge is 0.333 e. The lowest BCUT2D eigenvalue weighted by Crippen LogP contribution is -2.66. The normalized spacial score (nSPS) is 25.4. The summed E-state index contributed by atoms with van der Waals surface area (Å²) in [6.45, 7) is -0.781. The quantitative estimate of drug-likeness (QED) is 0.497. The third-order valence-corrected chi connectivity index (χ3v) is 4.79. The van der Waals surface area contributed by atoms with Crippen molar-refractivity contribution >= 4 is 29.7 Å². The van der Waals surface area contributed by atoms with Crippen molar-refractivity contribution in [2.45, 2.75) is 24.7 Å². The first-order valence-electron chi connectivity index (χ1n) is 9.18. The largest absolute Gasteiger partial charge is 0.455 e. The third kappa shape index (κ3) is 4.08. The molecule has 2 aliphatic rings. The Labute approximate surface area is 172 Å². The number of rotatable bonds is 5. The number of carbonyl (C=O) groups is 5. The minimum atomic E-state index is -2.45. The summed E-state index contributed by atoms with van der Waals surface area (Å²) in [7, 11) is 3.21. The Morgan fingerprint density at radius 3 is 2.43 bits per heavy atom. The van der Waals surface area contributed by atoms with Crippen molar-refractivity contribution in [1.82, 2.24) is 15.1 Å². The number of imide groups is 1. The fraction of sp³-hybridized carbons (Fsp3) is 0.350. The molecule has 1 aromatic carbocycles. The second kappa shape index (κ2) is 8.46. The summed E-state index contributed by atoms with van der Waals surface area (Å²) in [5.74, 6) is -4.37. The van der Waals surface area contributed by atoms with Crippen molar-refractivity contribution in [1.29, 1.82) is 0 Å². The molecule has 0 aliphatic carbocycles. The highest BCUT2D eigenvalue weighted by molar-refractivity contribution is 6.10. The molecule has 0 bridgehead atoms. The van der Waals surface area contributed by atoms with E-state index >= 15 is 0 Å². The minimum absolute atomic E-state index is 0.0378. The Morgan fingerprint density at radius 2 is 1.80 bits per heavy atom. The fourth-order valence-electron chi connectivity index (χ4n) is 3.22. The van der Waals surface area contributed by atoms with Crippen LogP contribution in [0.2, 0.25) is 0 Å². The maximum Gasteiger partial charge on any atom is 0.333 e. The van der Waals surface area contributed by atoms with E-state index in [4.69, 9.17) is 9.47 Å². The van der Waals surface area contributed by atoms with E-state index in [0.717, 1.165) is 17.7 Å². The highest BCUT2D eigenvalue weighted by Crippen LogP contribution is 2.29. The van der Waals surface area contributed by atoms with Gasteiger partial charge >= 0.3 is 17.7 Å². The summed E-state index contributed by atoms with van der Waals surface area (Å²) >= 11 is 0. The first kappa shape index (κ1) is 21.2. The standard InChI is InChI=1S/C20H21N3O7/c1-22(2)14-10-15(24)23(18(14)27)20(12-29-16(25)8-9-17(26)30-20)19(28)21-11-13-6-4-3-5-7-13/h3-9,14H,10-12H2,1-2H3,(H,21,28)/b9-8+/t14-,20-/m0/s1. The number of benzene rings is 1. The molecule has 0 spiro atoms. The Bertz CT molecular complexity index is 912. The van der Waals surface area contributed by atoms with Crippen LogP contribution < -0.4 is 5.32 Å². The van der Waals surface area contributed by atoms with Gasteiger partial charge in [0.05, 0.1) is 12.5 Å². The zero-order valence-electron chi connectivity index (χ0n) is 16.5. The number of ether oxygens (including phenoxy) is 2. The maximum absolute atomic E-state index is 13.2. The lowest BCUT2D eigenvalue weighted by atomic mass is 10.1. The average molecular weight is 415 g/mol. The van der Waals surface area contributed by atoms with Crippen LogP contribution in [-0.4, -0.2) is 71.9 Å². The molecule has 2 heterocycles. The molecule has 10 nitrogen and oxygen atoms in total. The molecule has 158 valence electrons. The van der Waals surface area contributed by atoms with Gasteiger partial charge in [-0.05, 0) is 19.7 Å². The van der Waals surface area contributed by atoms with Gasteiger partial charge in [0.2, 0.25) is 5.91 Å². The fourth-order valence-corrected chi connectivity index (χ4v) is 3.22. The predicted molar refractivity (Wildman–Crippen MR) is 101 cm³/mol. The van der Waals surface area contributed by atoms with E-state index in [9.17, 15) is 24.0 Å². The molecule has 1 aromatic rings. The van der Waals surface area contributed by atoms with Crippen molar-refractivity contribution < 1.29 is 33.4 Å². The Balaban J connectivity index is 1.98. The highest BCUT2D eigenvalue weighted by atomic mass is 16.6. The Kier molecular flexibility index (Phi) is 5.97. The van der Waals surface area contributed by atoms with E-state index in [1.54, 1.807) is 44.4 Å². The molecular weight excluding hydrogens is 394 g/mol. The summed E-state index contributed by atoms with van der Waals surface area (Å²) in [5, 5.41) is 2.56. The van der Waals surface area contributed by atoms with Gasteiger partial charge in [-0.2, -0.15) is 0 Å². The lowest BCUT2D eigenvalue weighted by molar-refractivity contribution is -0.204. The zero-order chi connectivity index (χ0) is 21.9. The maximum atomic E-state index is 13.2. The van der Waals surface area contributed by atoms with E-state index < -0.39 is 48.0 Å². The van der Waals surface area contributed by atoms with Crippen LogP contribution in [0.3, 0.4) is 0 Å². The summed E-state index contributed by atoms with van der Waals surface area (Å²) in [6, 6.07) is 8.02. The SMILES string of the molecule is CN(C)[C@H]1CC(=O)N([C@@]2(C(=O)NCc3ccccc3)COC(=O)/C=C/C(=O)O2)C1=O. The van der Waals surface area contributed by atoms with Crippen molar-refractivity contribution in [3.8, 4) is 0 Å². The molecule has 0 saturated carbocycles. The van der Waals surface area contributed by atoms with E-state index in [2.05, 4.69) is 5.32 Å². The molecule has 30 heavy (non-hydrogen) atoms. The molecule has 1 N–H and O–H groups in total. The minimum Gasteiger partial charge on any atom is -0.455 e. The van der Waals surface area contributed by atoms with E-state index in [-0.39, 0.29) is 13.0 Å². The summed E-state index contributed by atoms with van der Waals surface area (Å²) < 4.78 is 10.3. The molecule has 1 saturated heterocycles. The van der Waals surface area contributed by atoms with Crippen LogP contribution in [0.15, 0.2) is 42.5 Å². The van der Waals surface area contributed by atoms with Gasteiger partial charge in [-0.15, -0.1) is 0 Å². The Morgan fingerprint density at radius 1 is 1.13 bits per heavy atom. The van der Waals surface area contributed by atoms with Gasteiger partial charge in [0.1, 0.15) is 0 Å². The van der Waals surface area contributed by atoms with Crippen LogP contribution in [0.5, 0.6) is 0 Å². The topological polar surface area (TPSA) is 122 Å². The number of nitrogens with zero attached hydrogens (tertiary/aromatic N) is 2. The summed E-state index contributed by atoms with van der Waals surface area (Å²) in [5.41, 5.74) is -1.72. The van der Waals surface area contributed by atoms with Crippen LogP contribution in [0.4, 0.5) is 0 Å². The van der Waals surface area contributed by atoms with Gasteiger partial charge in [0.25, 0.3) is 11.8 Å². The van der Waals surface area contributed by atoms with Crippen LogP contribution in [0, 0.1) is 0 Å². The van der Waals surface area contributed by atoms with E-state index in [1.165, 1.54) is 4.90 Å². The average Bonchev–Trinajstić information content (AvgIpc) is 3.02. The molecule has 2 aliphatic heterocycles. The van der Waals surface area contributed by atoms with Gasteiger partial charge < -0.3 is 14.8 Å². The van der Waals surface area contributed by atoms with Gasteiger partial charge in [0, 0.05) is 18.7 Å². The van der Waals surface area contributed by atoms with Crippen LogP contribution >= 0.6 is 0 Å². The van der Waals surface area contributed by atoms with Gasteiger partial charge in [0.15, 0.2) is 6.61 Å². The number of cyclic esters (lactones) is 2. The Hall–Kier alpha value is -3.53. The number of likely N-dealkylation sites (N-methyl/N-ethyl adjacent to an activating group) is 1. The van der Waals surface area contributed by atoms with Gasteiger partial charge in [-0.25, -0.2) is 14.5 Å². The van der Waals surface area contributed by atoms with Crippen molar-refractivity contribution in [2.75, 3.05) is 20.7 Å². The predicted octanol–water partition coefficient (Wildman–Crippen LogP) is -0.656. The summed E-state index contributed by atoms with van der Waals surface area (Å²) in [6.07, 6.45) is 1.40. The number of amides is 3. The molecule has 0 unspecified atom stereocenters. The first-order valence-corrected chi connectivity index (χ1v) is 9.18.